The minimum atomic E-state index is 0.986. The third kappa shape index (κ3) is 11.6. The van der Waals surface area contributed by atoms with E-state index in [1.54, 1.807) is 22.7 Å². The highest BCUT2D eigenvalue weighted by molar-refractivity contribution is 7.24. The van der Waals surface area contributed by atoms with Crippen LogP contribution in [-0.4, -0.2) is 9.97 Å². The first-order chi connectivity index (χ1) is 31.6. The van der Waals surface area contributed by atoms with E-state index in [0.717, 1.165) is 35.3 Å². The molecule has 8 rings (SSSR count). The first-order valence-electron chi connectivity index (χ1n) is 24.4. The minimum absolute atomic E-state index is 0.986. The van der Waals surface area contributed by atoms with Crippen LogP contribution in [0.1, 0.15) is 153 Å². The Hall–Kier alpha value is -3.24. The van der Waals surface area contributed by atoms with Crippen molar-refractivity contribution in [3.05, 3.63) is 104 Å². The van der Waals surface area contributed by atoms with E-state index in [0.29, 0.717) is 0 Å². The molecule has 0 unspecified atom stereocenters. The summed E-state index contributed by atoms with van der Waals surface area (Å²) in [6.45, 7) is 9.22. The van der Waals surface area contributed by atoms with E-state index in [2.05, 4.69) is 110 Å². The van der Waals surface area contributed by atoms with Crippen molar-refractivity contribution in [2.24, 2.45) is 0 Å². The summed E-state index contributed by atoms with van der Waals surface area (Å²) in [6, 6.07) is 23.5. The molecular weight excluding hydrogens is 893 g/mol. The zero-order chi connectivity index (χ0) is 44.1. The first kappa shape index (κ1) is 47.3. The highest BCUT2D eigenvalue weighted by atomic mass is 32.1. The van der Waals surface area contributed by atoms with Gasteiger partial charge in [0.05, 0.1) is 20.8 Å². The van der Waals surface area contributed by atoms with E-state index in [1.165, 1.54) is 188 Å². The van der Waals surface area contributed by atoms with Crippen molar-refractivity contribution < 1.29 is 0 Å². The van der Waals surface area contributed by atoms with Gasteiger partial charge < -0.3 is 0 Å². The molecule has 0 spiro atoms. The largest absolute Gasteiger partial charge is 0.242 e. The molecule has 8 heteroatoms. The van der Waals surface area contributed by atoms with E-state index in [-0.39, 0.29) is 0 Å². The molecule has 0 saturated heterocycles. The van der Waals surface area contributed by atoms with Gasteiger partial charge in [0.1, 0.15) is 11.4 Å². The second kappa shape index (κ2) is 24.0. The summed E-state index contributed by atoms with van der Waals surface area (Å²) < 4.78 is 0. The van der Waals surface area contributed by atoms with Crippen LogP contribution in [-0.2, 0) is 25.7 Å². The molecule has 0 saturated carbocycles. The van der Waals surface area contributed by atoms with E-state index in [9.17, 15) is 0 Å². The number of rotatable bonds is 26. The third-order valence-corrected chi connectivity index (χ3v) is 19.0. The molecule has 0 aliphatic carbocycles. The van der Waals surface area contributed by atoms with Crippen LogP contribution < -0.4 is 0 Å². The van der Waals surface area contributed by atoms with Crippen molar-refractivity contribution in [1.82, 2.24) is 9.97 Å². The monoisotopic (exact) mass is 958 g/mol. The molecule has 0 radical (unpaired) electrons. The fraction of sp³-hybridized carbons (Fsp3) is 0.429. The van der Waals surface area contributed by atoms with Crippen LogP contribution in [0.4, 0.5) is 0 Å². The van der Waals surface area contributed by atoms with Gasteiger partial charge >= 0.3 is 0 Å². The highest BCUT2D eigenvalue weighted by Crippen LogP contribution is 2.48. The fourth-order valence-electron chi connectivity index (χ4n) is 8.86. The molecule has 336 valence electrons. The first-order valence-corrected chi connectivity index (χ1v) is 29.6. The van der Waals surface area contributed by atoms with Crippen LogP contribution in [0.2, 0.25) is 0 Å². The van der Waals surface area contributed by atoms with E-state index < -0.39 is 0 Å². The topological polar surface area (TPSA) is 25.8 Å². The summed E-state index contributed by atoms with van der Waals surface area (Å²) >= 11 is 11.3. The lowest BCUT2D eigenvalue weighted by Crippen LogP contribution is -1.96. The Morgan fingerprint density at radius 1 is 0.391 bits per heavy atom. The van der Waals surface area contributed by atoms with Gasteiger partial charge in [0, 0.05) is 40.4 Å². The molecule has 7 heterocycles. The molecule has 0 N–H and O–H groups in total. The maximum absolute atomic E-state index is 5.76. The van der Waals surface area contributed by atoms with E-state index in [1.807, 2.05) is 45.3 Å². The van der Waals surface area contributed by atoms with Gasteiger partial charge in [-0.25, -0.2) is 9.97 Å². The Bertz CT molecular complexity index is 2450. The van der Waals surface area contributed by atoms with Crippen LogP contribution in [0.5, 0.6) is 0 Å². The predicted octanol–water partition coefficient (Wildman–Crippen LogP) is 20.5. The zero-order valence-electron chi connectivity index (χ0n) is 38.6. The summed E-state index contributed by atoms with van der Waals surface area (Å²) in [5, 5.41) is 9.19. The van der Waals surface area contributed by atoms with Crippen LogP contribution in [0.3, 0.4) is 0 Å². The highest BCUT2D eigenvalue weighted by Gasteiger charge is 2.24. The Morgan fingerprint density at radius 3 is 1.17 bits per heavy atom. The van der Waals surface area contributed by atoms with Crippen molar-refractivity contribution in [3.63, 3.8) is 0 Å². The maximum atomic E-state index is 5.76. The Labute approximate surface area is 407 Å². The maximum Gasteiger partial charge on any atom is 0.108 e. The van der Waals surface area contributed by atoms with Gasteiger partial charge in [-0.1, -0.05) is 129 Å². The lowest BCUT2D eigenvalue weighted by Gasteiger charge is -2.13. The number of nitrogens with zero attached hydrogens (tertiary/aromatic N) is 2. The third-order valence-electron chi connectivity index (χ3n) is 12.5. The average Bonchev–Trinajstić information content (AvgIpc) is 4.18. The Morgan fingerprint density at radius 2 is 0.797 bits per heavy atom. The van der Waals surface area contributed by atoms with Gasteiger partial charge in [-0.2, -0.15) is 0 Å². The molecular formula is C56H66N2S6. The van der Waals surface area contributed by atoms with Crippen molar-refractivity contribution in [2.75, 3.05) is 0 Å². The predicted molar refractivity (Wildman–Crippen MR) is 291 cm³/mol. The summed E-state index contributed by atoms with van der Waals surface area (Å²) in [5.41, 5.74) is 12.4. The molecule has 0 aliphatic heterocycles. The Balaban J connectivity index is 1.26. The lowest BCUT2D eigenvalue weighted by atomic mass is 10.0. The molecule has 2 nitrogen and oxygen atoms in total. The van der Waals surface area contributed by atoms with Crippen molar-refractivity contribution >= 4 is 79.1 Å². The normalized spacial score (nSPS) is 11.8. The van der Waals surface area contributed by atoms with Gasteiger partial charge in [-0.15, -0.1) is 68.0 Å². The van der Waals surface area contributed by atoms with E-state index >= 15 is 0 Å². The molecule has 0 fully saturated rings. The summed E-state index contributed by atoms with van der Waals surface area (Å²) in [7, 11) is 0. The van der Waals surface area contributed by atoms with Crippen molar-refractivity contribution in [2.45, 2.75) is 156 Å². The second-order valence-electron chi connectivity index (χ2n) is 17.5. The van der Waals surface area contributed by atoms with Crippen LogP contribution >= 0.6 is 68.0 Å². The SMILES string of the molecule is CCCCCCc1csc(-c2sc(-c3ccc(-c4cc(CCCCCC)c(-c5cc(CCCCCC)cs5)s4)c4nc(-c5cccs5)c(-c5cccs5)nc34)cc2CCCCCC)c1. The van der Waals surface area contributed by atoms with Crippen LogP contribution in [0.15, 0.2) is 82.2 Å². The van der Waals surface area contributed by atoms with Gasteiger partial charge in [-0.3, -0.25) is 0 Å². The van der Waals surface area contributed by atoms with Crippen molar-refractivity contribution in [3.8, 4) is 61.5 Å². The molecule has 0 amide bonds. The molecule has 0 bridgehead atoms. The smallest absolute Gasteiger partial charge is 0.108 e. The van der Waals surface area contributed by atoms with Crippen molar-refractivity contribution in [1.29, 1.82) is 0 Å². The molecule has 64 heavy (non-hydrogen) atoms. The summed E-state index contributed by atoms with van der Waals surface area (Å²) in [5.74, 6) is 0. The van der Waals surface area contributed by atoms with Gasteiger partial charge in [0.2, 0.25) is 0 Å². The van der Waals surface area contributed by atoms with Gasteiger partial charge in [0.25, 0.3) is 0 Å². The fourth-order valence-corrected chi connectivity index (χ4v) is 15.0. The number of hydrogen-bond donors (Lipinski definition) is 0. The standard InChI is InChI=1S/C56H66N2S6/c1-5-9-13-17-23-39-33-49(61-37-39)55-41(25-19-15-11-7-3)35-47(63-55)43-29-30-44(52-51(43)57-53(45-27-21-31-59-45)54(58-52)46-28-22-32-60-46)48-36-42(26-20-16-12-8-4)56(64-48)50-34-40(38-62-50)24-18-14-10-6-2/h21-22,27-38H,5-20,23-26H2,1-4H3. The van der Waals surface area contributed by atoms with Gasteiger partial charge in [0.15, 0.2) is 0 Å². The molecule has 0 atom stereocenters. The minimum Gasteiger partial charge on any atom is -0.242 e. The number of aryl methyl sites for hydroxylation is 4. The second-order valence-corrected chi connectivity index (χ2v) is 23.4. The number of fused-ring (bicyclic) bond motifs is 1. The number of thiophene rings is 6. The van der Waals surface area contributed by atoms with Gasteiger partial charge in [-0.05, 0) is 132 Å². The number of hydrogen-bond acceptors (Lipinski definition) is 8. The molecule has 8 aromatic rings. The molecule has 0 aliphatic rings. The van der Waals surface area contributed by atoms with E-state index in [4.69, 9.17) is 9.97 Å². The zero-order valence-corrected chi connectivity index (χ0v) is 43.5. The number of unbranched alkanes of at least 4 members (excludes halogenated alkanes) is 12. The quantitative estimate of drug-likeness (QED) is 0.0506. The van der Waals surface area contributed by atoms with Crippen LogP contribution in [0, 0.1) is 0 Å². The summed E-state index contributed by atoms with van der Waals surface area (Å²) in [4.78, 5) is 22.2. The average molecular weight is 960 g/mol. The molecule has 7 aromatic heterocycles. The molecule has 1 aromatic carbocycles. The van der Waals surface area contributed by atoms with Crippen LogP contribution in [0.25, 0.3) is 72.6 Å². The number of aromatic nitrogens is 2. The number of benzene rings is 1. The summed E-state index contributed by atoms with van der Waals surface area (Å²) in [6.07, 6.45) is 25.1. The Kier molecular flexibility index (Phi) is 17.7. The lowest BCUT2D eigenvalue weighted by molar-refractivity contribution is 0.667.